The van der Waals surface area contributed by atoms with Crippen LogP contribution in [0.15, 0.2) is 0 Å². The van der Waals surface area contributed by atoms with E-state index in [1.165, 1.54) is 6.92 Å². The zero-order valence-corrected chi connectivity index (χ0v) is 11.4. The Balaban J connectivity index is 3.30. The van der Waals surface area contributed by atoms with Crippen LogP contribution in [0.3, 0.4) is 0 Å². The van der Waals surface area contributed by atoms with E-state index in [9.17, 15) is 9.59 Å². The Kier molecular flexibility index (Phi) is 7.59. The third-order valence-electron chi connectivity index (χ3n) is 2.19. The zero-order valence-electron chi connectivity index (χ0n) is 11.4. The predicted octanol–water partition coefficient (Wildman–Crippen LogP) is 2.70. The van der Waals surface area contributed by atoms with Crippen LogP contribution in [0.5, 0.6) is 0 Å². The molecule has 0 aromatic rings. The summed E-state index contributed by atoms with van der Waals surface area (Å²) in [5, 5.41) is 0. The van der Waals surface area contributed by atoms with Crippen molar-refractivity contribution in [3.8, 4) is 0 Å². The van der Waals surface area contributed by atoms with Gasteiger partial charge in [-0.1, -0.05) is 0 Å². The summed E-state index contributed by atoms with van der Waals surface area (Å²) in [4.78, 5) is 21.9. The lowest BCUT2D eigenvalue weighted by atomic mass is 9.97. The molecule has 0 spiro atoms. The van der Waals surface area contributed by atoms with Crippen molar-refractivity contribution in [1.29, 1.82) is 0 Å². The maximum absolute atomic E-state index is 11.4. The van der Waals surface area contributed by atoms with Crippen LogP contribution in [0.25, 0.3) is 0 Å². The third-order valence-corrected chi connectivity index (χ3v) is 2.19. The van der Waals surface area contributed by atoms with Crippen LogP contribution in [-0.4, -0.2) is 25.2 Å². The fourth-order valence-corrected chi connectivity index (χ4v) is 1.15. The van der Waals surface area contributed by atoms with E-state index < -0.39 is 5.41 Å². The number of carbonyl (C=O) groups is 2. The molecular weight excluding hydrogens is 220 g/mol. The first-order valence-electron chi connectivity index (χ1n) is 6.14. The van der Waals surface area contributed by atoms with Crippen molar-refractivity contribution in [3.05, 3.63) is 0 Å². The molecule has 0 aliphatic carbocycles. The molecule has 0 radical (unpaired) electrons. The number of hydrogen-bond acceptors (Lipinski definition) is 4. The molecule has 0 fully saturated rings. The van der Waals surface area contributed by atoms with Gasteiger partial charge in [0.1, 0.15) is 0 Å². The van der Waals surface area contributed by atoms with Crippen molar-refractivity contribution < 1.29 is 19.1 Å². The molecule has 0 bridgehead atoms. The Hall–Kier alpha value is -1.06. The normalized spacial score (nSPS) is 11.1. The van der Waals surface area contributed by atoms with Gasteiger partial charge < -0.3 is 9.47 Å². The molecule has 0 amide bonds. The van der Waals surface area contributed by atoms with Crippen LogP contribution in [0.1, 0.15) is 53.4 Å². The van der Waals surface area contributed by atoms with Crippen LogP contribution in [0.4, 0.5) is 0 Å². The van der Waals surface area contributed by atoms with Gasteiger partial charge in [-0.3, -0.25) is 9.59 Å². The van der Waals surface area contributed by atoms with Crippen molar-refractivity contribution in [2.24, 2.45) is 5.41 Å². The van der Waals surface area contributed by atoms with E-state index in [-0.39, 0.29) is 11.9 Å². The summed E-state index contributed by atoms with van der Waals surface area (Å²) < 4.78 is 9.93. The van der Waals surface area contributed by atoms with E-state index in [0.29, 0.717) is 13.2 Å². The van der Waals surface area contributed by atoms with Crippen molar-refractivity contribution in [1.82, 2.24) is 0 Å². The minimum absolute atomic E-state index is 0.155. The predicted molar refractivity (Wildman–Crippen MR) is 65.5 cm³/mol. The van der Waals surface area contributed by atoms with Crippen molar-refractivity contribution in [3.63, 3.8) is 0 Å². The zero-order chi connectivity index (χ0) is 13.3. The topological polar surface area (TPSA) is 52.6 Å². The molecule has 0 unspecified atom stereocenters. The van der Waals surface area contributed by atoms with Crippen LogP contribution >= 0.6 is 0 Å². The summed E-state index contributed by atoms with van der Waals surface area (Å²) in [5.41, 5.74) is -0.421. The molecule has 0 rings (SSSR count). The largest absolute Gasteiger partial charge is 0.466 e. The molecule has 4 heteroatoms. The number of ether oxygens (including phenoxy) is 2. The quantitative estimate of drug-likeness (QED) is 0.510. The van der Waals surface area contributed by atoms with Crippen molar-refractivity contribution in [2.75, 3.05) is 13.2 Å². The second-order valence-corrected chi connectivity index (χ2v) is 5.14. The number of rotatable bonds is 7. The molecule has 0 atom stereocenters. The molecule has 0 heterocycles. The molecule has 0 aromatic carbocycles. The molecule has 4 nitrogen and oxygen atoms in total. The third kappa shape index (κ3) is 9.85. The maximum atomic E-state index is 11.4. The van der Waals surface area contributed by atoms with E-state index in [0.717, 1.165) is 25.7 Å². The first kappa shape index (κ1) is 15.9. The van der Waals surface area contributed by atoms with Crippen LogP contribution in [-0.2, 0) is 19.1 Å². The maximum Gasteiger partial charge on any atom is 0.311 e. The molecule has 0 saturated heterocycles. The SMILES string of the molecule is CC(=O)OCCCCCCOC(=O)C(C)(C)C. The molecule has 0 N–H and O–H groups in total. The highest BCUT2D eigenvalue weighted by molar-refractivity contribution is 5.75. The number of hydrogen-bond donors (Lipinski definition) is 0. The van der Waals surface area contributed by atoms with Crippen molar-refractivity contribution in [2.45, 2.75) is 53.4 Å². The van der Waals surface area contributed by atoms with Gasteiger partial charge in [-0.05, 0) is 46.5 Å². The first-order chi connectivity index (χ1) is 7.84. The Morgan fingerprint density at radius 2 is 1.35 bits per heavy atom. The summed E-state index contributed by atoms with van der Waals surface area (Å²) in [5.74, 6) is -0.387. The lowest BCUT2D eigenvalue weighted by Gasteiger charge is -2.16. The molecule has 17 heavy (non-hydrogen) atoms. The van der Waals surface area contributed by atoms with Gasteiger partial charge in [0.2, 0.25) is 0 Å². The van der Waals surface area contributed by atoms with Gasteiger partial charge in [0.05, 0.1) is 18.6 Å². The van der Waals surface area contributed by atoms with Gasteiger partial charge in [-0.2, -0.15) is 0 Å². The van der Waals surface area contributed by atoms with Crippen LogP contribution in [0.2, 0.25) is 0 Å². The first-order valence-corrected chi connectivity index (χ1v) is 6.14. The highest BCUT2D eigenvalue weighted by atomic mass is 16.5. The highest BCUT2D eigenvalue weighted by Crippen LogP contribution is 2.15. The number of esters is 2. The molecule has 100 valence electrons. The van der Waals surface area contributed by atoms with E-state index in [4.69, 9.17) is 9.47 Å². The Bertz CT molecular complexity index is 240. The van der Waals surface area contributed by atoms with Gasteiger partial charge >= 0.3 is 11.9 Å². The minimum Gasteiger partial charge on any atom is -0.466 e. The summed E-state index contributed by atoms with van der Waals surface area (Å²) in [6.45, 7) is 7.89. The molecular formula is C13H24O4. The molecule has 0 aromatic heterocycles. The lowest BCUT2D eigenvalue weighted by molar-refractivity contribution is -0.153. The van der Waals surface area contributed by atoms with Gasteiger partial charge in [0, 0.05) is 6.92 Å². The molecule has 0 aliphatic heterocycles. The van der Waals surface area contributed by atoms with E-state index in [1.54, 1.807) is 0 Å². The van der Waals surface area contributed by atoms with Gasteiger partial charge in [0.25, 0.3) is 0 Å². The molecule has 0 saturated carbocycles. The average Bonchev–Trinajstić information content (AvgIpc) is 2.19. The summed E-state index contributed by atoms with van der Waals surface area (Å²) in [6, 6.07) is 0. The Labute approximate surface area is 104 Å². The van der Waals surface area contributed by atoms with Crippen molar-refractivity contribution >= 4 is 11.9 Å². The summed E-state index contributed by atoms with van der Waals surface area (Å²) in [6.07, 6.45) is 3.70. The summed E-state index contributed by atoms with van der Waals surface area (Å²) >= 11 is 0. The average molecular weight is 244 g/mol. The smallest absolute Gasteiger partial charge is 0.311 e. The van der Waals surface area contributed by atoms with E-state index in [2.05, 4.69) is 0 Å². The molecule has 0 aliphatic rings. The van der Waals surface area contributed by atoms with E-state index >= 15 is 0 Å². The number of carbonyl (C=O) groups excluding carboxylic acids is 2. The second-order valence-electron chi connectivity index (χ2n) is 5.14. The van der Waals surface area contributed by atoms with Crippen LogP contribution in [0, 0.1) is 5.41 Å². The highest BCUT2D eigenvalue weighted by Gasteiger charge is 2.22. The van der Waals surface area contributed by atoms with Crippen LogP contribution < -0.4 is 0 Å². The monoisotopic (exact) mass is 244 g/mol. The van der Waals surface area contributed by atoms with Gasteiger partial charge in [0.15, 0.2) is 0 Å². The van der Waals surface area contributed by atoms with Gasteiger partial charge in [-0.25, -0.2) is 0 Å². The lowest BCUT2D eigenvalue weighted by Crippen LogP contribution is -2.23. The fraction of sp³-hybridized carbons (Fsp3) is 0.846. The standard InChI is InChI=1S/C13H24O4/c1-11(14)16-9-7-5-6-8-10-17-12(15)13(2,3)4/h5-10H2,1-4H3. The second kappa shape index (κ2) is 8.09. The van der Waals surface area contributed by atoms with Gasteiger partial charge in [-0.15, -0.1) is 0 Å². The Morgan fingerprint density at radius 1 is 0.882 bits per heavy atom. The summed E-state index contributed by atoms with van der Waals surface area (Å²) in [7, 11) is 0. The minimum atomic E-state index is -0.421. The Morgan fingerprint density at radius 3 is 1.76 bits per heavy atom. The van der Waals surface area contributed by atoms with E-state index in [1.807, 2.05) is 20.8 Å². The number of unbranched alkanes of at least 4 members (excludes halogenated alkanes) is 3. The fourth-order valence-electron chi connectivity index (χ4n) is 1.15.